The lowest BCUT2D eigenvalue weighted by Gasteiger charge is -2.43. The lowest BCUT2D eigenvalue weighted by molar-refractivity contribution is -0.141. The number of hydrogen-bond donors (Lipinski definition) is 2. The minimum absolute atomic E-state index is 0.0293. The second-order valence-electron chi connectivity index (χ2n) is 10.0. The molecule has 2 amide bonds. The third-order valence-electron chi connectivity index (χ3n) is 8.30. The summed E-state index contributed by atoms with van der Waals surface area (Å²) < 4.78 is 0.983. The number of H-pyrrole nitrogens is 1. The van der Waals surface area contributed by atoms with E-state index in [4.69, 9.17) is 5.11 Å². The molecule has 2 aliphatic carbocycles. The van der Waals surface area contributed by atoms with Crippen LogP contribution in [0.25, 0.3) is 0 Å². The number of aliphatic carboxylic acids is 1. The van der Waals surface area contributed by atoms with Crippen LogP contribution in [0, 0.1) is 29.6 Å². The molecule has 1 aromatic heterocycles. The Kier molecular flexibility index (Phi) is 5.96. The van der Waals surface area contributed by atoms with Gasteiger partial charge in [0.1, 0.15) is 0 Å². The molecule has 1 saturated heterocycles. The Labute approximate surface area is 218 Å². The number of aromatic amines is 1. The summed E-state index contributed by atoms with van der Waals surface area (Å²) in [7, 11) is 0. The number of thioether (sulfide) groups is 1. The summed E-state index contributed by atoms with van der Waals surface area (Å²) in [6, 6.07) is 8.21. The Balaban J connectivity index is 1.29. The highest BCUT2D eigenvalue weighted by molar-refractivity contribution is 9.10. The van der Waals surface area contributed by atoms with Gasteiger partial charge < -0.3 is 10.1 Å². The van der Waals surface area contributed by atoms with Gasteiger partial charge in [-0.3, -0.25) is 24.1 Å². The molecule has 0 radical (unpaired) electrons. The average molecular weight is 578 g/mol. The summed E-state index contributed by atoms with van der Waals surface area (Å²) >= 11 is 6.56. The number of aromatic nitrogens is 1. The molecule has 0 spiro atoms. The van der Waals surface area contributed by atoms with Gasteiger partial charge in [0.15, 0.2) is 0 Å². The lowest BCUT2D eigenvalue weighted by Crippen LogP contribution is -2.42. The van der Waals surface area contributed by atoms with E-state index in [9.17, 15) is 19.2 Å². The van der Waals surface area contributed by atoms with Crippen LogP contribution in [0.5, 0.6) is 0 Å². The lowest BCUT2D eigenvalue weighted by atomic mass is 9.68. The molecule has 1 aromatic carbocycles. The van der Waals surface area contributed by atoms with E-state index < -0.39 is 5.97 Å². The number of likely N-dealkylation sites (tertiary alicyclic amines) is 1. The molecular weight excluding hydrogens is 552 g/mol. The van der Waals surface area contributed by atoms with Crippen molar-refractivity contribution in [2.45, 2.75) is 48.3 Å². The second kappa shape index (κ2) is 8.88. The van der Waals surface area contributed by atoms with Gasteiger partial charge in [-0.2, -0.15) is 0 Å². The van der Waals surface area contributed by atoms with Crippen LogP contribution in [0.4, 0.5) is 0 Å². The molecule has 4 aliphatic rings. The van der Waals surface area contributed by atoms with E-state index in [1.165, 1.54) is 16.2 Å². The second-order valence-corrected chi connectivity index (χ2v) is 13.2. The quantitative estimate of drug-likeness (QED) is 0.375. The van der Waals surface area contributed by atoms with Gasteiger partial charge in [-0.05, 0) is 54.7 Å². The Morgan fingerprint density at radius 2 is 1.89 bits per heavy atom. The zero-order chi connectivity index (χ0) is 24.4. The largest absolute Gasteiger partial charge is 0.481 e. The van der Waals surface area contributed by atoms with E-state index in [0.717, 1.165) is 26.4 Å². The van der Waals surface area contributed by atoms with Crippen molar-refractivity contribution in [2.24, 2.45) is 29.6 Å². The van der Waals surface area contributed by atoms with Crippen LogP contribution in [0.15, 0.2) is 38.6 Å². The smallest absolute Gasteiger partial charge is 0.305 e. The minimum atomic E-state index is -0.820. The van der Waals surface area contributed by atoms with Crippen LogP contribution in [0.2, 0.25) is 0 Å². The number of halogens is 1. The van der Waals surface area contributed by atoms with Crippen LogP contribution in [-0.2, 0) is 14.4 Å². The molecule has 35 heavy (non-hydrogen) atoms. The number of nitrogens with zero attached hydrogens (tertiary/aromatic N) is 1. The summed E-state index contributed by atoms with van der Waals surface area (Å²) in [5.41, 5.74) is 1.14. The number of carbonyl (C=O) groups excluding carboxylic acids is 2. The van der Waals surface area contributed by atoms with Crippen LogP contribution >= 0.6 is 39.0 Å². The van der Waals surface area contributed by atoms with E-state index in [2.05, 4.69) is 33.0 Å². The standard InChI is InChI=1S/C25H25BrN2O5S2/c26-12-6-4-5-11(9-12)16-17-13-10-14(20(17)34-22-21(16)35-25(33)27-22)19-18(13)23(31)28(24(19)32)8-3-1-2-7-15(29)30/h4-6,9,13-14,16-20H,1-3,7-8,10H2,(H,27,33)(H,29,30)/t13?,14?,16-,17?,18?,19?,20?/m1/s1. The first kappa shape index (κ1) is 23.5. The molecule has 6 rings (SSSR count). The molecule has 2 N–H and O–H groups in total. The average Bonchev–Trinajstić information content (AvgIpc) is 3.53. The maximum absolute atomic E-state index is 13.5. The predicted octanol–water partition coefficient (Wildman–Crippen LogP) is 4.32. The molecule has 7 nitrogen and oxygen atoms in total. The number of carboxylic acid groups (broad SMARTS) is 1. The molecule has 3 fully saturated rings. The number of amides is 2. The molecule has 2 aromatic rings. The van der Waals surface area contributed by atoms with E-state index in [-0.39, 0.29) is 63.9 Å². The first-order valence-electron chi connectivity index (χ1n) is 12.1. The van der Waals surface area contributed by atoms with Gasteiger partial charge in [0.25, 0.3) is 0 Å². The number of rotatable bonds is 7. The summed E-state index contributed by atoms with van der Waals surface area (Å²) in [5, 5.41) is 9.93. The van der Waals surface area contributed by atoms with Crippen molar-refractivity contribution in [3.05, 3.63) is 48.8 Å². The summed E-state index contributed by atoms with van der Waals surface area (Å²) in [5.74, 6) is -0.989. The summed E-state index contributed by atoms with van der Waals surface area (Å²) in [6.45, 7) is 0.377. The van der Waals surface area contributed by atoms with Gasteiger partial charge in [-0.15, -0.1) is 11.8 Å². The molecule has 7 atom stereocenters. The van der Waals surface area contributed by atoms with Crippen molar-refractivity contribution < 1.29 is 19.5 Å². The SMILES string of the molecule is O=C(O)CCCCCN1C(=O)C2C3CC(C2C1=O)C1C3Sc2[nH]c(=O)sc2[C@@H]1c1cccc(Br)c1. The number of hydrogen-bond acceptors (Lipinski definition) is 6. The van der Waals surface area contributed by atoms with Crippen LogP contribution in [-0.4, -0.2) is 44.6 Å². The fourth-order valence-corrected chi connectivity index (χ4v) is 10.4. The highest BCUT2D eigenvalue weighted by Crippen LogP contribution is 2.68. The third kappa shape index (κ3) is 3.74. The number of nitrogens with one attached hydrogen (secondary N) is 1. The number of benzene rings is 1. The normalized spacial score (nSPS) is 32.6. The fourth-order valence-electron chi connectivity index (χ4n) is 7.10. The van der Waals surface area contributed by atoms with Crippen LogP contribution in [0.1, 0.15) is 48.5 Å². The van der Waals surface area contributed by atoms with Gasteiger partial charge in [0.2, 0.25) is 11.8 Å². The van der Waals surface area contributed by atoms with Gasteiger partial charge in [0, 0.05) is 33.5 Å². The van der Waals surface area contributed by atoms with Gasteiger partial charge in [-0.1, -0.05) is 45.8 Å². The van der Waals surface area contributed by atoms with Gasteiger partial charge in [0.05, 0.1) is 16.9 Å². The molecule has 10 heteroatoms. The van der Waals surface area contributed by atoms with E-state index in [1.54, 1.807) is 11.8 Å². The molecule has 2 bridgehead atoms. The molecule has 184 valence electrons. The number of carboxylic acids is 1. The number of carbonyl (C=O) groups is 3. The zero-order valence-electron chi connectivity index (χ0n) is 18.8. The fraction of sp³-hybridized carbons (Fsp3) is 0.520. The van der Waals surface area contributed by atoms with E-state index in [1.807, 2.05) is 12.1 Å². The molecule has 2 saturated carbocycles. The Bertz CT molecular complexity index is 1270. The van der Waals surface area contributed by atoms with Crippen molar-refractivity contribution in [1.82, 2.24) is 9.88 Å². The van der Waals surface area contributed by atoms with E-state index >= 15 is 0 Å². The summed E-state index contributed by atoms with van der Waals surface area (Å²) in [4.78, 5) is 55.5. The predicted molar refractivity (Wildman–Crippen MR) is 135 cm³/mol. The Morgan fingerprint density at radius 1 is 1.11 bits per heavy atom. The topological polar surface area (TPSA) is 108 Å². The summed E-state index contributed by atoms with van der Waals surface area (Å²) in [6.07, 6.45) is 2.87. The third-order valence-corrected chi connectivity index (χ3v) is 11.4. The number of thiazole rings is 1. The maximum atomic E-state index is 13.5. The van der Waals surface area contributed by atoms with Crippen molar-refractivity contribution in [2.75, 3.05) is 6.54 Å². The first-order chi connectivity index (χ1) is 16.8. The van der Waals surface area contributed by atoms with Gasteiger partial charge in [-0.25, -0.2) is 0 Å². The molecular formula is C25H25BrN2O5S2. The van der Waals surface area contributed by atoms with E-state index in [0.29, 0.717) is 25.8 Å². The van der Waals surface area contributed by atoms with Crippen molar-refractivity contribution in [3.63, 3.8) is 0 Å². The van der Waals surface area contributed by atoms with Crippen molar-refractivity contribution in [3.8, 4) is 0 Å². The van der Waals surface area contributed by atoms with Crippen molar-refractivity contribution in [1.29, 1.82) is 0 Å². The maximum Gasteiger partial charge on any atom is 0.305 e. The highest BCUT2D eigenvalue weighted by Gasteiger charge is 2.69. The number of fused-ring (bicyclic) bond motifs is 9. The van der Waals surface area contributed by atoms with Crippen LogP contribution in [0.3, 0.4) is 0 Å². The highest BCUT2D eigenvalue weighted by atomic mass is 79.9. The zero-order valence-corrected chi connectivity index (χ0v) is 22.0. The number of unbranched alkanes of at least 4 members (excludes halogenated alkanes) is 2. The molecule has 2 aliphatic heterocycles. The van der Waals surface area contributed by atoms with Crippen LogP contribution < -0.4 is 4.87 Å². The Hall–Kier alpha value is -1.91. The first-order valence-corrected chi connectivity index (χ1v) is 14.6. The number of imide groups is 1. The van der Waals surface area contributed by atoms with Crippen molar-refractivity contribution >= 4 is 56.8 Å². The Morgan fingerprint density at radius 3 is 2.63 bits per heavy atom. The molecule has 3 heterocycles. The monoisotopic (exact) mass is 576 g/mol. The molecule has 6 unspecified atom stereocenters. The van der Waals surface area contributed by atoms with Gasteiger partial charge >= 0.3 is 10.8 Å². The minimum Gasteiger partial charge on any atom is -0.481 e.